The van der Waals surface area contributed by atoms with E-state index in [1.807, 2.05) is 26.0 Å². The highest BCUT2D eigenvalue weighted by molar-refractivity contribution is 5.91. The van der Waals surface area contributed by atoms with Gasteiger partial charge in [-0.05, 0) is 49.7 Å². The summed E-state index contributed by atoms with van der Waals surface area (Å²) >= 11 is 0. The molecular weight excluding hydrogens is 370 g/mol. The fraction of sp³-hybridized carbons (Fsp3) is 0.318. The van der Waals surface area contributed by atoms with Crippen LogP contribution in [0.25, 0.3) is 11.3 Å². The van der Waals surface area contributed by atoms with Gasteiger partial charge in [-0.1, -0.05) is 0 Å². The molecular formula is C22H23N3O4. The number of aryl methyl sites for hydroxylation is 2. The summed E-state index contributed by atoms with van der Waals surface area (Å²) < 4.78 is 16.4. The van der Waals surface area contributed by atoms with Gasteiger partial charge in [-0.25, -0.2) is 4.98 Å². The number of rotatable bonds is 6. The number of nitrogens with zero attached hydrogens (tertiary/aromatic N) is 2. The van der Waals surface area contributed by atoms with E-state index in [-0.39, 0.29) is 17.8 Å². The minimum absolute atomic E-state index is 0.123. The van der Waals surface area contributed by atoms with Crippen LogP contribution in [0, 0.1) is 13.8 Å². The van der Waals surface area contributed by atoms with Gasteiger partial charge in [0.1, 0.15) is 24.2 Å². The molecule has 2 aromatic heterocycles. The second kappa shape index (κ2) is 8.05. The average Bonchev–Trinajstić information content (AvgIpc) is 3.34. The molecule has 3 aromatic rings. The summed E-state index contributed by atoms with van der Waals surface area (Å²) in [6.07, 6.45) is 2.36. The smallest absolute Gasteiger partial charge is 0.287 e. The van der Waals surface area contributed by atoms with Gasteiger partial charge >= 0.3 is 0 Å². The molecule has 1 aromatic carbocycles. The summed E-state index contributed by atoms with van der Waals surface area (Å²) in [5.74, 6) is 1.46. The van der Waals surface area contributed by atoms with Crippen molar-refractivity contribution in [2.45, 2.75) is 33.0 Å². The van der Waals surface area contributed by atoms with E-state index < -0.39 is 0 Å². The lowest BCUT2D eigenvalue weighted by molar-refractivity contribution is 0.0897. The van der Waals surface area contributed by atoms with E-state index in [1.54, 1.807) is 25.4 Å². The molecule has 0 unspecified atom stereocenters. The first-order valence-electron chi connectivity index (χ1n) is 9.49. The summed E-state index contributed by atoms with van der Waals surface area (Å²) in [5, 5.41) is 2.87. The highest BCUT2D eigenvalue weighted by atomic mass is 16.5. The van der Waals surface area contributed by atoms with Gasteiger partial charge in [-0.3, -0.25) is 9.78 Å². The Bertz CT molecular complexity index is 1040. The van der Waals surface area contributed by atoms with Crippen LogP contribution in [0.4, 0.5) is 0 Å². The van der Waals surface area contributed by atoms with Gasteiger partial charge in [0.15, 0.2) is 5.76 Å². The zero-order valence-corrected chi connectivity index (χ0v) is 16.7. The Morgan fingerprint density at radius 3 is 2.97 bits per heavy atom. The quantitative estimate of drug-likeness (QED) is 0.692. The lowest BCUT2D eigenvalue weighted by Gasteiger charge is -2.11. The molecule has 0 spiro atoms. The van der Waals surface area contributed by atoms with E-state index >= 15 is 0 Å². The van der Waals surface area contributed by atoms with Crippen molar-refractivity contribution in [3.63, 3.8) is 0 Å². The molecule has 29 heavy (non-hydrogen) atoms. The minimum atomic E-state index is -0.266. The zero-order chi connectivity index (χ0) is 20.4. The Morgan fingerprint density at radius 1 is 1.28 bits per heavy atom. The van der Waals surface area contributed by atoms with E-state index in [0.29, 0.717) is 18.9 Å². The van der Waals surface area contributed by atoms with Gasteiger partial charge < -0.3 is 19.2 Å². The van der Waals surface area contributed by atoms with Gasteiger partial charge in [0.2, 0.25) is 0 Å². The number of methoxy groups -OCH3 is 1. The first-order chi connectivity index (χ1) is 14.0. The number of aromatic nitrogens is 2. The van der Waals surface area contributed by atoms with E-state index in [1.165, 1.54) is 0 Å². The number of ether oxygens (including phenoxy) is 2. The number of fused-ring (bicyclic) bond motifs is 1. The van der Waals surface area contributed by atoms with E-state index in [9.17, 15) is 4.79 Å². The third-order valence-corrected chi connectivity index (χ3v) is 4.81. The lowest BCUT2D eigenvalue weighted by atomic mass is 10.0. The normalized spacial score (nSPS) is 15.1. The summed E-state index contributed by atoms with van der Waals surface area (Å²) in [4.78, 5) is 21.3. The van der Waals surface area contributed by atoms with Gasteiger partial charge in [0, 0.05) is 25.3 Å². The number of furan rings is 1. The second-order valence-corrected chi connectivity index (χ2v) is 7.12. The third kappa shape index (κ3) is 4.14. The average molecular weight is 393 g/mol. The predicted octanol–water partition coefficient (Wildman–Crippen LogP) is 3.23. The van der Waals surface area contributed by atoms with Crippen molar-refractivity contribution in [2.75, 3.05) is 13.7 Å². The maximum absolute atomic E-state index is 12.3. The van der Waals surface area contributed by atoms with Crippen molar-refractivity contribution < 1.29 is 18.7 Å². The molecule has 0 aliphatic carbocycles. The molecule has 0 bridgehead atoms. The maximum atomic E-state index is 12.3. The Hall–Kier alpha value is -3.19. The standard InChI is InChI=1S/C22H23N3O4/c1-13-10-23-14(2)21(25-13)15-4-6-19-16(8-15)9-18(29-19)11-24-22(26)20-7-5-17(28-20)12-27-3/h4-8,10,18H,9,11-12H2,1-3H3,(H,24,26)/t18-/m0/s1. The van der Waals surface area contributed by atoms with E-state index in [0.717, 1.165) is 40.4 Å². The van der Waals surface area contributed by atoms with Gasteiger partial charge in [-0.15, -0.1) is 0 Å². The topological polar surface area (TPSA) is 86.5 Å². The molecule has 3 heterocycles. The largest absolute Gasteiger partial charge is 0.488 e. The van der Waals surface area contributed by atoms with Crippen molar-refractivity contribution in [2.24, 2.45) is 0 Å². The van der Waals surface area contributed by atoms with Gasteiger partial charge in [-0.2, -0.15) is 0 Å². The Labute approximate surface area is 169 Å². The van der Waals surface area contributed by atoms with Crippen LogP contribution in [0.1, 0.15) is 33.3 Å². The number of amides is 1. The van der Waals surface area contributed by atoms with Crippen LogP contribution in [-0.4, -0.2) is 35.6 Å². The first-order valence-corrected chi connectivity index (χ1v) is 9.49. The molecule has 0 saturated heterocycles. The molecule has 4 rings (SSSR count). The summed E-state index contributed by atoms with van der Waals surface area (Å²) in [5.41, 5.74) is 4.78. The van der Waals surface area contributed by atoms with Crippen molar-refractivity contribution in [1.82, 2.24) is 15.3 Å². The number of nitrogens with one attached hydrogen (secondary N) is 1. The predicted molar refractivity (Wildman–Crippen MR) is 107 cm³/mol. The molecule has 7 nitrogen and oxygen atoms in total. The minimum Gasteiger partial charge on any atom is -0.488 e. The number of carbonyl (C=O) groups excluding carboxylic acids is 1. The van der Waals surface area contributed by atoms with E-state index in [4.69, 9.17) is 13.9 Å². The number of hydrogen-bond acceptors (Lipinski definition) is 6. The Kier molecular flexibility index (Phi) is 5.31. The summed E-state index contributed by atoms with van der Waals surface area (Å²) in [6.45, 7) is 4.62. The fourth-order valence-corrected chi connectivity index (χ4v) is 3.41. The van der Waals surface area contributed by atoms with Crippen LogP contribution in [0.2, 0.25) is 0 Å². The SMILES string of the molecule is COCc1ccc(C(=O)NC[C@@H]2Cc3cc(-c4nc(C)cnc4C)ccc3O2)o1. The van der Waals surface area contributed by atoms with Gasteiger partial charge in [0.05, 0.1) is 23.6 Å². The molecule has 0 saturated carbocycles. The fourth-order valence-electron chi connectivity index (χ4n) is 3.41. The monoisotopic (exact) mass is 393 g/mol. The van der Waals surface area contributed by atoms with Crippen LogP contribution in [0.15, 0.2) is 40.9 Å². The molecule has 1 atom stereocenters. The maximum Gasteiger partial charge on any atom is 0.287 e. The first kappa shape index (κ1) is 19.1. The zero-order valence-electron chi connectivity index (χ0n) is 16.7. The number of hydrogen-bond donors (Lipinski definition) is 1. The molecule has 1 amide bonds. The molecule has 150 valence electrons. The van der Waals surface area contributed by atoms with Crippen LogP contribution in [0.5, 0.6) is 5.75 Å². The molecule has 0 fully saturated rings. The van der Waals surface area contributed by atoms with E-state index in [2.05, 4.69) is 21.4 Å². The summed E-state index contributed by atoms with van der Waals surface area (Å²) in [7, 11) is 1.58. The Morgan fingerprint density at radius 2 is 2.14 bits per heavy atom. The molecule has 1 aliphatic heterocycles. The second-order valence-electron chi connectivity index (χ2n) is 7.12. The summed E-state index contributed by atoms with van der Waals surface area (Å²) in [6, 6.07) is 9.43. The highest BCUT2D eigenvalue weighted by Gasteiger charge is 2.25. The van der Waals surface area contributed by atoms with Crippen molar-refractivity contribution in [3.8, 4) is 17.0 Å². The molecule has 0 radical (unpaired) electrons. The Balaban J connectivity index is 1.40. The van der Waals surface area contributed by atoms with Crippen LogP contribution < -0.4 is 10.1 Å². The number of carbonyl (C=O) groups is 1. The lowest BCUT2D eigenvalue weighted by Crippen LogP contribution is -2.34. The molecule has 7 heteroatoms. The van der Waals surface area contributed by atoms with Crippen LogP contribution >= 0.6 is 0 Å². The highest BCUT2D eigenvalue weighted by Crippen LogP contribution is 2.33. The van der Waals surface area contributed by atoms with Crippen molar-refractivity contribution in [3.05, 3.63) is 65.0 Å². The van der Waals surface area contributed by atoms with Crippen molar-refractivity contribution in [1.29, 1.82) is 0 Å². The number of benzene rings is 1. The van der Waals surface area contributed by atoms with Crippen LogP contribution in [0.3, 0.4) is 0 Å². The van der Waals surface area contributed by atoms with Crippen molar-refractivity contribution >= 4 is 5.91 Å². The molecule has 1 N–H and O–H groups in total. The van der Waals surface area contributed by atoms with Gasteiger partial charge in [0.25, 0.3) is 5.91 Å². The van der Waals surface area contributed by atoms with Crippen LogP contribution in [-0.2, 0) is 17.8 Å². The third-order valence-electron chi connectivity index (χ3n) is 4.81. The molecule has 1 aliphatic rings.